The monoisotopic (exact) mass is 373 g/mol. The summed E-state index contributed by atoms with van der Waals surface area (Å²) in [5.41, 5.74) is 2.82. The van der Waals surface area contributed by atoms with Gasteiger partial charge in [0.2, 0.25) is 5.91 Å². The van der Waals surface area contributed by atoms with E-state index in [-0.39, 0.29) is 11.9 Å². The minimum Gasteiger partial charge on any atom is -0.349 e. The van der Waals surface area contributed by atoms with Gasteiger partial charge in [-0.2, -0.15) is 0 Å². The smallest absolute Gasteiger partial charge is 0.230 e. The summed E-state index contributed by atoms with van der Waals surface area (Å²) in [7, 11) is 0. The molecule has 0 aliphatic carbocycles. The molecule has 0 aliphatic rings. The molecular weight excluding hydrogens is 354 g/mol. The summed E-state index contributed by atoms with van der Waals surface area (Å²) in [5.74, 6) is 0.290. The van der Waals surface area contributed by atoms with E-state index in [0.29, 0.717) is 5.75 Å². The normalized spacial score (nSPS) is 12.2. The van der Waals surface area contributed by atoms with E-state index in [4.69, 9.17) is 0 Å². The van der Waals surface area contributed by atoms with Crippen LogP contribution in [0, 0.1) is 0 Å². The molecule has 0 aliphatic heterocycles. The molecule has 0 radical (unpaired) electrons. The number of hydrogen-bond acceptors (Lipinski definition) is 4. The zero-order chi connectivity index (χ0) is 18.6. The second-order valence-electron chi connectivity index (χ2n) is 6.34. The van der Waals surface area contributed by atoms with Crippen molar-refractivity contribution in [3.8, 4) is 0 Å². The van der Waals surface area contributed by atoms with Gasteiger partial charge in [0.1, 0.15) is 5.03 Å². The zero-order valence-corrected chi connectivity index (χ0v) is 15.7. The van der Waals surface area contributed by atoms with Gasteiger partial charge in [-0.3, -0.25) is 9.78 Å². The van der Waals surface area contributed by atoms with Gasteiger partial charge in [-0.05, 0) is 35.4 Å². The number of carbonyl (C=O) groups is 1. The SMILES string of the molecule is CC(NC(=O)CSc1cnc2ccccc2n1)c1cccc2ccccc12. The first-order chi connectivity index (χ1) is 13.2. The van der Waals surface area contributed by atoms with Crippen molar-refractivity contribution in [2.45, 2.75) is 18.0 Å². The average Bonchev–Trinajstić information content (AvgIpc) is 2.71. The Morgan fingerprint density at radius 1 is 1.00 bits per heavy atom. The highest BCUT2D eigenvalue weighted by Crippen LogP contribution is 2.24. The Hall–Kier alpha value is -2.92. The number of fused-ring (bicyclic) bond motifs is 2. The fourth-order valence-corrected chi connectivity index (χ4v) is 3.79. The van der Waals surface area contributed by atoms with Crippen molar-refractivity contribution in [2.75, 3.05) is 5.75 Å². The lowest BCUT2D eigenvalue weighted by atomic mass is 10.00. The largest absolute Gasteiger partial charge is 0.349 e. The quantitative estimate of drug-likeness (QED) is 0.513. The van der Waals surface area contributed by atoms with E-state index in [0.717, 1.165) is 21.6 Å². The fraction of sp³-hybridized carbons (Fsp3) is 0.136. The van der Waals surface area contributed by atoms with Crippen LogP contribution in [-0.4, -0.2) is 21.6 Å². The Morgan fingerprint density at radius 2 is 1.74 bits per heavy atom. The zero-order valence-electron chi connectivity index (χ0n) is 14.9. The number of para-hydroxylation sites is 2. The van der Waals surface area contributed by atoms with Gasteiger partial charge >= 0.3 is 0 Å². The number of hydrogen-bond donors (Lipinski definition) is 1. The molecule has 4 aromatic rings. The standard InChI is InChI=1S/C22H19N3OS/c1-15(17-10-6-8-16-7-2-3-9-18(16)17)24-21(26)14-27-22-13-23-19-11-4-5-12-20(19)25-22/h2-13,15H,14H2,1H3,(H,24,26). The Kier molecular flexibility index (Phi) is 5.03. The molecule has 4 nitrogen and oxygen atoms in total. The van der Waals surface area contributed by atoms with Crippen LogP contribution in [0.1, 0.15) is 18.5 Å². The maximum Gasteiger partial charge on any atom is 0.230 e. The third-order valence-electron chi connectivity index (χ3n) is 4.44. The fourth-order valence-electron chi connectivity index (χ4n) is 3.14. The molecule has 3 aromatic carbocycles. The number of nitrogens with one attached hydrogen (secondary N) is 1. The maximum atomic E-state index is 12.4. The Morgan fingerprint density at radius 3 is 2.63 bits per heavy atom. The molecule has 0 bridgehead atoms. The van der Waals surface area contributed by atoms with Crippen LogP contribution in [0.2, 0.25) is 0 Å². The Bertz CT molecular complexity index is 1110. The molecule has 5 heteroatoms. The summed E-state index contributed by atoms with van der Waals surface area (Å²) < 4.78 is 0. The minimum absolute atomic E-state index is 0.0182. The first-order valence-corrected chi connectivity index (χ1v) is 9.81. The molecule has 1 heterocycles. The third kappa shape index (κ3) is 3.93. The van der Waals surface area contributed by atoms with Gasteiger partial charge in [0.25, 0.3) is 0 Å². The summed E-state index contributed by atoms with van der Waals surface area (Å²) in [6.45, 7) is 2.01. The first-order valence-electron chi connectivity index (χ1n) is 8.82. The highest BCUT2D eigenvalue weighted by Gasteiger charge is 2.13. The number of amides is 1. The van der Waals surface area contributed by atoms with Crippen LogP contribution in [-0.2, 0) is 4.79 Å². The average molecular weight is 373 g/mol. The number of aromatic nitrogens is 2. The lowest BCUT2D eigenvalue weighted by Crippen LogP contribution is -2.28. The number of carbonyl (C=O) groups excluding carboxylic acids is 1. The van der Waals surface area contributed by atoms with Crippen molar-refractivity contribution in [1.82, 2.24) is 15.3 Å². The minimum atomic E-state index is -0.0631. The Balaban J connectivity index is 1.42. The maximum absolute atomic E-state index is 12.4. The van der Waals surface area contributed by atoms with Gasteiger partial charge in [0, 0.05) is 0 Å². The summed E-state index contributed by atoms with van der Waals surface area (Å²) in [5, 5.41) is 6.18. The molecule has 0 fully saturated rings. The first kappa shape index (κ1) is 17.5. The number of benzene rings is 3. The van der Waals surface area contributed by atoms with E-state index in [1.165, 1.54) is 22.5 Å². The van der Waals surface area contributed by atoms with Crippen molar-refractivity contribution < 1.29 is 4.79 Å². The summed E-state index contributed by atoms with van der Waals surface area (Å²) in [4.78, 5) is 21.4. The van der Waals surface area contributed by atoms with Gasteiger partial charge in [-0.15, -0.1) is 0 Å². The van der Waals surface area contributed by atoms with E-state index < -0.39 is 0 Å². The summed E-state index contributed by atoms with van der Waals surface area (Å²) in [6, 6.07) is 22.1. The second-order valence-corrected chi connectivity index (χ2v) is 7.34. The molecule has 1 unspecified atom stereocenters. The van der Waals surface area contributed by atoms with Crippen LogP contribution < -0.4 is 5.32 Å². The topological polar surface area (TPSA) is 54.9 Å². The molecule has 1 atom stereocenters. The molecule has 134 valence electrons. The van der Waals surface area contributed by atoms with E-state index in [2.05, 4.69) is 39.6 Å². The molecule has 0 saturated carbocycles. The third-order valence-corrected chi connectivity index (χ3v) is 5.34. The van der Waals surface area contributed by atoms with Crippen molar-refractivity contribution >= 4 is 39.5 Å². The van der Waals surface area contributed by atoms with Crippen LogP contribution in [0.3, 0.4) is 0 Å². The highest BCUT2D eigenvalue weighted by atomic mass is 32.2. The molecule has 1 aromatic heterocycles. The van der Waals surface area contributed by atoms with E-state index in [1.807, 2.05) is 49.4 Å². The van der Waals surface area contributed by atoms with Crippen LogP contribution in [0.5, 0.6) is 0 Å². The van der Waals surface area contributed by atoms with Gasteiger partial charge in [0.15, 0.2) is 0 Å². The number of thioether (sulfide) groups is 1. The van der Waals surface area contributed by atoms with Crippen LogP contribution in [0.4, 0.5) is 0 Å². The lowest BCUT2D eigenvalue weighted by Gasteiger charge is -2.16. The van der Waals surface area contributed by atoms with Crippen molar-refractivity contribution in [1.29, 1.82) is 0 Å². The van der Waals surface area contributed by atoms with Crippen LogP contribution in [0.15, 0.2) is 78.0 Å². The van der Waals surface area contributed by atoms with Crippen LogP contribution in [0.25, 0.3) is 21.8 Å². The van der Waals surface area contributed by atoms with Crippen LogP contribution >= 0.6 is 11.8 Å². The molecule has 1 N–H and O–H groups in total. The highest BCUT2D eigenvalue weighted by molar-refractivity contribution is 7.99. The van der Waals surface area contributed by atoms with Crippen molar-refractivity contribution in [2.24, 2.45) is 0 Å². The van der Waals surface area contributed by atoms with Crippen molar-refractivity contribution in [3.63, 3.8) is 0 Å². The second kappa shape index (κ2) is 7.76. The molecule has 4 rings (SSSR count). The predicted octanol–water partition coefficient (Wildman–Crippen LogP) is 4.75. The Labute approximate surface area is 162 Å². The van der Waals surface area contributed by atoms with Gasteiger partial charge in [-0.25, -0.2) is 4.98 Å². The number of nitrogens with zero attached hydrogens (tertiary/aromatic N) is 2. The molecule has 0 spiro atoms. The number of rotatable bonds is 5. The molecule has 0 saturated heterocycles. The van der Waals surface area contributed by atoms with Gasteiger partial charge in [-0.1, -0.05) is 66.4 Å². The molecule has 27 heavy (non-hydrogen) atoms. The van der Waals surface area contributed by atoms with Gasteiger partial charge < -0.3 is 5.32 Å². The van der Waals surface area contributed by atoms with E-state index >= 15 is 0 Å². The lowest BCUT2D eigenvalue weighted by molar-refractivity contribution is -0.119. The molecular formula is C22H19N3OS. The summed E-state index contributed by atoms with van der Waals surface area (Å²) >= 11 is 1.40. The van der Waals surface area contributed by atoms with E-state index in [1.54, 1.807) is 6.20 Å². The molecule has 1 amide bonds. The van der Waals surface area contributed by atoms with E-state index in [9.17, 15) is 4.79 Å². The summed E-state index contributed by atoms with van der Waals surface area (Å²) in [6.07, 6.45) is 1.72. The van der Waals surface area contributed by atoms with Gasteiger partial charge in [0.05, 0.1) is 29.0 Å². The predicted molar refractivity (Wildman–Crippen MR) is 111 cm³/mol. The van der Waals surface area contributed by atoms with Crippen molar-refractivity contribution in [3.05, 3.63) is 78.5 Å².